The summed E-state index contributed by atoms with van der Waals surface area (Å²) >= 11 is 0. The molecule has 4 heteroatoms. The zero-order valence-electron chi connectivity index (χ0n) is 11.8. The van der Waals surface area contributed by atoms with Gasteiger partial charge in [0, 0.05) is 32.8 Å². The number of nitrogens with zero attached hydrogens (tertiary/aromatic N) is 2. The molecule has 0 aliphatic rings. The lowest BCUT2D eigenvalue weighted by atomic mass is 10.1. The second kappa shape index (κ2) is 6.27. The molecule has 4 nitrogen and oxygen atoms in total. The third kappa shape index (κ3) is 3.74. The minimum Gasteiger partial charge on any atom is -0.469 e. The number of aromatic nitrogens is 1. The summed E-state index contributed by atoms with van der Waals surface area (Å²) < 4.78 is 5.35. The quantitative estimate of drug-likeness (QED) is 0.865. The lowest BCUT2D eigenvalue weighted by Gasteiger charge is -2.20. The van der Waals surface area contributed by atoms with Crippen LogP contribution in [0.5, 0.6) is 0 Å². The van der Waals surface area contributed by atoms with E-state index in [0.717, 1.165) is 30.1 Å². The first kappa shape index (κ1) is 13.5. The Bertz CT molecular complexity index is 494. The number of pyridine rings is 1. The predicted octanol–water partition coefficient (Wildman–Crippen LogP) is 3.17. The molecule has 2 rings (SSSR count). The first-order valence-electron chi connectivity index (χ1n) is 6.58. The first-order valence-corrected chi connectivity index (χ1v) is 6.58. The van der Waals surface area contributed by atoms with Crippen LogP contribution in [0.2, 0.25) is 0 Å². The summed E-state index contributed by atoms with van der Waals surface area (Å²) in [4.78, 5) is 6.40. The summed E-state index contributed by atoms with van der Waals surface area (Å²) in [6, 6.07) is 8.33. The molecule has 0 saturated carbocycles. The van der Waals surface area contributed by atoms with Crippen LogP contribution < -0.4 is 10.2 Å². The fraction of sp³-hybridized carbons (Fsp3) is 0.400. The molecule has 0 bridgehead atoms. The van der Waals surface area contributed by atoms with Gasteiger partial charge in [0.1, 0.15) is 5.76 Å². The molecule has 1 atom stereocenters. The molecule has 19 heavy (non-hydrogen) atoms. The summed E-state index contributed by atoms with van der Waals surface area (Å²) in [6.07, 6.45) is 5.50. The fourth-order valence-electron chi connectivity index (χ4n) is 2.02. The highest BCUT2D eigenvalue weighted by Crippen LogP contribution is 2.22. The smallest absolute Gasteiger partial charge is 0.151 e. The molecule has 1 N–H and O–H groups in total. The number of hydrogen-bond donors (Lipinski definition) is 1. The topological polar surface area (TPSA) is 41.3 Å². The Hall–Kier alpha value is -1.97. The fourth-order valence-corrected chi connectivity index (χ4v) is 2.02. The van der Waals surface area contributed by atoms with Crippen LogP contribution in [0.3, 0.4) is 0 Å². The Morgan fingerprint density at radius 3 is 2.84 bits per heavy atom. The van der Waals surface area contributed by atoms with E-state index in [0.29, 0.717) is 6.04 Å². The van der Waals surface area contributed by atoms with Crippen LogP contribution in [0, 0.1) is 0 Å². The number of anilines is 2. The van der Waals surface area contributed by atoms with E-state index in [2.05, 4.69) is 23.3 Å². The molecule has 102 valence electrons. The van der Waals surface area contributed by atoms with Crippen molar-refractivity contribution < 1.29 is 4.42 Å². The summed E-state index contributed by atoms with van der Waals surface area (Å²) in [7, 11) is 4.00. The first-order chi connectivity index (χ1) is 9.16. The molecule has 0 saturated heterocycles. The average molecular weight is 259 g/mol. The van der Waals surface area contributed by atoms with E-state index in [-0.39, 0.29) is 0 Å². The minimum atomic E-state index is 0.369. The zero-order chi connectivity index (χ0) is 13.7. The van der Waals surface area contributed by atoms with Gasteiger partial charge in [0.15, 0.2) is 5.82 Å². The maximum absolute atomic E-state index is 5.35. The Kier molecular flexibility index (Phi) is 4.44. The van der Waals surface area contributed by atoms with Crippen LogP contribution in [0.25, 0.3) is 0 Å². The molecule has 0 amide bonds. The highest BCUT2D eigenvalue weighted by molar-refractivity contribution is 5.64. The van der Waals surface area contributed by atoms with Gasteiger partial charge in [-0.1, -0.05) is 0 Å². The molecule has 0 aliphatic heterocycles. The van der Waals surface area contributed by atoms with Crippen LogP contribution in [0.1, 0.15) is 19.1 Å². The van der Waals surface area contributed by atoms with E-state index in [1.807, 2.05) is 43.4 Å². The van der Waals surface area contributed by atoms with Crippen molar-refractivity contribution in [2.45, 2.75) is 25.8 Å². The van der Waals surface area contributed by atoms with E-state index in [1.165, 1.54) is 0 Å². The largest absolute Gasteiger partial charge is 0.469 e. The van der Waals surface area contributed by atoms with E-state index in [4.69, 9.17) is 4.42 Å². The van der Waals surface area contributed by atoms with Crippen molar-refractivity contribution in [3.05, 3.63) is 42.5 Å². The van der Waals surface area contributed by atoms with Gasteiger partial charge in [-0.2, -0.15) is 0 Å². The molecular formula is C15H21N3O. The molecule has 0 radical (unpaired) electrons. The van der Waals surface area contributed by atoms with Crippen molar-refractivity contribution in [1.29, 1.82) is 0 Å². The molecule has 0 fully saturated rings. The van der Waals surface area contributed by atoms with Crippen LogP contribution in [-0.2, 0) is 6.42 Å². The monoisotopic (exact) mass is 259 g/mol. The van der Waals surface area contributed by atoms with Gasteiger partial charge in [-0.15, -0.1) is 0 Å². The maximum atomic E-state index is 5.35. The standard InChI is InChI=1S/C15H21N3O/c1-12(8-9-13-6-5-11-19-13)17-14-7-4-10-16-15(14)18(2)3/h4-7,10-12,17H,8-9H2,1-3H3. The lowest BCUT2D eigenvalue weighted by Crippen LogP contribution is -2.20. The number of nitrogens with one attached hydrogen (secondary N) is 1. The van der Waals surface area contributed by atoms with Gasteiger partial charge < -0.3 is 14.6 Å². The van der Waals surface area contributed by atoms with Crippen LogP contribution >= 0.6 is 0 Å². The predicted molar refractivity (Wildman–Crippen MR) is 78.7 cm³/mol. The van der Waals surface area contributed by atoms with Crippen LogP contribution in [-0.4, -0.2) is 25.1 Å². The van der Waals surface area contributed by atoms with Gasteiger partial charge in [-0.25, -0.2) is 4.98 Å². The van der Waals surface area contributed by atoms with Crippen molar-refractivity contribution in [1.82, 2.24) is 4.98 Å². The molecule has 0 aromatic carbocycles. The Morgan fingerprint density at radius 1 is 1.32 bits per heavy atom. The summed E-state index contributed by atoms with van der Waals surface area (Å²) in [5.41, 5.74) is 1.07. The minimum absolute atomic E-state index is 0.369. The molecule has 1 unspecified atom stereocenters. The van der Waals surface area contributed by atoms with Gasteiger partial charge in [0.25, 0.3) is 0 Å². The van der Waals surface area contributed by atoms with Gasteiger partial charge in [0.2, 0.25) is 0 Å². The number of aryl methyl sites for hydroxylation is 1. The van der Waals surface area contributed by atoms with E-state index < -0.39 is 0 Å². The number of rotatable bonds is 6. The van der Waals surface area contributed by atoms with Crippen molar-refractivity contribution in [3.63, 3.8) is 0 Å². The molecule has 2 aromatic heterocycles. The highest BCUT2D eigenvalue weighted by Gasteiger charge is 2.09. The molecule has 2 heterocycles. The van der Waals surface area contributed by atoms with Gasteiger partial charge >= 0.3 is 0 Å². The van der Waals surface area contributed by atoms with Gasteiger partial charge in [-0.3, -0.25) is 0 Å². The molecule has 0 aliphatic carbocycles. The van der Waals surface area contributed by atoms with Crippen LogP contribution in [0.15, 0.2) is 41.1 Å². The average Bonchev–Trinajstić information content (AvgIpc) is 2.90. The Morgan fingerprint density at radius 2 is 2.16 bits per heavy atom. The van der Waals surface area contributed by atoms with E-state index in [9.17, 15) is 0 Å². The molecular weight excluding hydrogens is 238 g/mol. The highest BCUT2D eigenvalue weighted by atomic mass is 16.3. The maximum Gasteiger partial charge on any atom is 0.151 e. The third-order valence-corrected chi connectivity index (χ3v) is 3.02. The summed E-state index contributed by atoms with van der Waals surface area (Å²) in [6.45, 7) is 2.18. The summed E-state index contributed by atoms with van der Waals surface area (Å²) in [5, 5.41) is 3.51. The third-order valence-electron chi connectivity index (χ3n) is 3.02. The van der Waals surface area contributed by atoms with E-state index >= 15 is 0 Å². The van der Waals surface area contributed by atoms with E-state index in [1.54, 1.807) is 6.26 Å². The second-order valence-electron chi connectivity index (χ2n) is 4.93. The van der Waals surface area contributed by atoms with Crippen molar-refractivity contribution >= 4 is 11.5 Å². The lowest BCUT2D eigenvalue weighted by molar-refractivity contribution is 0.495. The van der Waals surface area contributed by atoms with Crippen molar-refractivity contribution in [2.75, 3.05) is 24.3 Å². The molecule has 0 spiro atoms. The van der Waals surface area contributed by atoms with Crippen LogP contribution in [0.4, 0.5) is 11.5 Å². The number of furan rings is 1. The second-order valence-corrected chi connectivity index (χ2v) is 4.93. The Balaban J connectivity index is 1.93. The number of hydrogen-bond acceptors (Lipinski definition) is 4. The Labute approximate surface area is 114 Å². The van der Waals surface area contributed by atoms with Crippen molar-refractivity contribution in [3.8, 4) is 0 Å². The van der Waals surface area contributed by atoms with Crippen molar-refractivity contribution in [2.24, 2.45) is 0 Å². The normalized spacial score (nSPS) is 12.2. The zero-order valence-corrected chi connectivity index (χ0v) is 11.8. The SMILES string of the molecule is CC(CCc1ccco1)Nc1cccnc1N(C)C. The summed E-state index contributed by atoms with van der Waals surface area (Å²) in [5.74, 6) is 2.00. The molecule has 2 aromatic rings. The van der Waals surface area contributed by atoms with Gasteiger partial charge in [0.05, 0.1) is 12.0 Å². The van der Waals surface area contributed by atoms with Gasteiger partial charge in [-0.05, 0) is 37.6 Å².